The SMILES string of the molecule is CC(C)(C)c1ccc(C(=O)Nc2nnc(SCC(=O)Nc3cccc([N+](=O)[O-])c3)s2)cc1. The second-order valence-electron chi connectivity index (χ2n) is 7.80. The van der Waals surface area contributed by atoms with Crippen molar-refractivity contribution in [2.45, 2.75) is 30.5 Å². The Morgan fingerprint density at radius 2 is 1.81 bits per heavy atom. The first kappa shape index (κ1) is 23.4. The van der Waals surface area contributed by atoms with Crippen LogP contribution in [0.3, 0.4) is 0 Å². The second-order valence-corrected chi connectivity index (χ2v) is 10.00. The minimum atomic E-state index is -0.527. The molecule has 0 unspecified atom stereocenters. The van der Waals surface area contributed by atoms with Gasteiger partial charge in [0.2, 0.25) is 11.0 Å². The number of aromatic nitrogens is 2. The van der Waals surface area contributed by atoms with E-state index < -0.39 is 4.92 Å². The average Bonchev–Trinajstić information content (AvgIpc) is 3.19. The fraction of sp³-hybridized carbons (Fsp3) is 0.238. The molecule has 2 aromatic carbocycles. The molecule has 0 atom stereocenters. The summed E-state index contributed by atoms with van der Waals surface area (Å²) in [5, 5.41) is 24.4. The van der Waals surface area contributed by atoms with E-state index in [2.05, 4.69) is 41.6 Å². The lowest BCUT2D eigenvalue weighted by atomic mass is 9.87. The van der Waals surface area contributed by atoms with E-state index in [0.717, 1.165) is 28.7 Å². The molecule has 0 spiro atoms. The summed E-state index contributed by atoms with van der Waals surface area (Å²) in [6, 6.07) is 13.1. The van der Waals surface area contributed by atoms with Gasteiger partial charge in [0.25, 0.3) is 11.6 Å². The number of carbonyl (C=O) groups excluding carboxylic acids is 2. The summed E-state index contributed by atoms with van der Waals surface area (Å²) in [5.41, 5.74) is 1.88. The van der Waals surface area contributed by atoms with Gasteiger partial charge in [-0.1, -0.05) is 62.1 Å². The highest BCUT2D eigenvalue weighted by Gasteiger charge is 2.16. The molecule has 0 aliphatic heterocycles. The summed E-state index contributed by atoms with van der Waals surface area (Å²) in [5.74, 6) is -0.587. The van der Waals surface area contributed by atoms with Gasteiger partial charge < -0.3 is 5.32 Å². The Morgan fingerprint density at radius 3 is 2.47 bits per heavy atom. The van der Waals surface area contributed by atoms with Crippen LogP contribution in [0.25, 0.3) is 0 Å². The van der Waals surface area contributed by atoms with Crippen molar-refractivity contribution in [3.8, 4) is 0 Å². The molecule has 1 aromatic heterocycles. The van der Waals surface area contributed by atoms with Crippen molar-refractivity contribution < 1.29 is 14.5 Å². The first-order chi connectivity index (χ1) is 15.1. The summed E-state index contributed by atoms with van der Waals surface area (Å²) >= 11 is 2.31. The van der Waals surface area contributed by atoms with E-state index >= 15 is 0 Å². The van der Waals surface area contributed by atoms with Crippen LogP contribution in [0.4, 0.5) is 16.5 Å². The summed E-state index contributed by atoms with van der Waals surface area (Å²) in [7, 11) is 0. The Kier molecular flexibility index (Phi) is 7.21. The number of hydrogen-bond donors (Lipinski definition) is 2. The maximum atomic E-state index is 12.4. The predicted molar refractivity (Wildman–Crippen MR) is 125 cm³/mol. The van der Waals surface area contributed by atoms with Crippen molar-refractivity contribution in [3.05, 3.63) is 69.8 Å². The van der Waals surface area contributed by atoms with Crippen LogP contribution in [-0.2, 0) is 10.2 Å². The van der Waals surface area contributed by atoms with Crippen LogP contribution in [0.2, 0.25) is 0 Å². The van der Waals surface area contributed by atoms with E-state index in [9.17, 15) is 19.7 Å². The average molecular weight is 472 g/mol. The lowest BCUT2D eigenvalue weighted by Crippen LogP contribution is -2.14. The highest BCUT2D eigenvalue weighted by molar-refractivity contribution is 8.01. The van der Waals surface area contributed by atoms with E-state index in [1.807, 2.05) is 12.1 Å². The number of hydrogen-bond acceptors (Lipinski definition) is 8. The number of nitrogens with one attached hydrogen (secondary N) is 2. The molecule has 2 amide bonds. The van der Waals surface area contributed by atoms with Crippen molar-refractivity contribution in [2.24, 2.45) is 0 Å². The highest BCUT2D eigenvalue weighted by atomic mass is 32.2. The van der Waals surface area contributed by atoms with Gasteiger partial charge in [0.15, 0.2) is 4.34 Å². The van der Waals surface area contributed by atoms with Crippen LogP contribution in [0.15, 0.2) is 52.9 Å². The number of anilines is 2. The number of amides is 2. The number of carbonyl (C=O) groups is 2. The van der Waals surface area contributed by atoms with E-state index in [0.29, 0.717) is 20.7 Å². The molecule has 0 radical (unpaired) electrons. The first-order valence-electron chi connectivity index (χ1n) is 9.54. The maximum absolute atomic E-state index is 12.4. The number of rotatable bonds is 7. The number of non-ortho nitro benzene ring substituents is 1. The summed E-state index contributed by atoms with van der Waals surface area (Å²) < 4.78 is 0.512. The van der Waals surface area contributed by atoms with Crippen LogP contribution in [0.1, 0.15) is 36.7 Å². The van der Waals surface area contributed by atoms with Crippen LogP contribution < -0.4 is 10.6 Å². The first-order valence-corrected chi connectivity index (χ1v) is 11.3. The van der Waals surface area contributed by atoms with Crippen LogP contribution in [-0.4, -0.2) is 32.7 Å². The van der Waals surface area contributed by atoms with Gasteiger partial charge in [0.05, 0.1) is 10.7 Å². The Balaban J connectivity index is 1.52. The fourth-order valence-corrected chi connectivity index (χ4v) is 4.18. The van der Waals surface area contributed by atoms with Gasteiger partial charge in [0, 0.05) is 23.4 Å². The standard InChI is InChI=1S/C21H21N5O4S2/c1-21(2,3)14-9-7-13(8-10-14)18(28)23-19-24-25-20(32-19)31-12-17(27)22-15-5-4-6-16(11-15)26(29)30/h4-11H,12H2,1-3H3,(H,22,27)(H,23,24,28). The van der Waals surface area contributed by atoms with Crippen LogP contribution in [0.5, 0.6) is 0 Å². The lowest BCUT2D eigenvalue weighted by molar-refractivity contribution is -0.384. The molecule has 0 saturated heterocycles. The molecule has 0 fully saturated rings. The minimum absolute atomic E-state index is 0.00186. The normalized spacial score (nSPS) is 11.1. The predicted octanol–water partition coefficient (Wildman–Crippen LogP) is 4.73. The zero-order valence-corrected chi connectivity index (χ0v) is 19.3. The molecule has 0 bridgehead atoms. The number of benzene rings is 2. The van der Waals surface area contributed by atoms with E-state index in [1.165, 1.54) is 18.2 Å². The molecule has 32 heavy (non-hydrogen) atoms. The molecule has 1 heterocycles. The quantitative estimate of drug-likeness (QED) is 0.221. The Morgan fingerprint density at radius 1 is 1.09 bits per heavy atom. The topological polar surface area (TPSA) is 127 Å². The molecule has 3 aromatic rings. The molecule has 2 N–H and O–H groups in total. The molecular formula is C21H21N5O4S2. The van der Waals surface area contributed by atoms with Gasteiger partial charge >= 0.3 is 0 Å². The zero-order chi connectivity index (χ0) is 23.3. The Labute approximate surface area is 192 Å². The second kappa shape index (κ2) is 9.88. The van der Waals surface area contributed by atoms with Gasteiger partial charge in [-0.25, -0.2) is 0 Å². The monoisotopic (exact) mass is 471 g/mol. The van der Waals surface area contributed by atoms with Gasteiger partial charge in [-0.3, -0.25) is 25.0 Å². The molecule has 166 valence electrons. The smallest absolute Gasteiger partial charge is 0.271 e. The molecule has 9 nitrogen and oxygen atoms in total. The third-order valence-corrected chi connectivity index (χ3v) is 6.28. The minimum Gasteiger partial charge on any atom is -0.325 e. The summed E-state index contributed by atoms with van der Waals surface area (Å²) in [6.07, 6.45) is 0. The largest absolute Gasteiger partial charge is 0.325 e. The van der Waals surface area contributed by atoms with Gasteiger partial charge in [-0.15, -0.1) is 10.2 Å². The Bertz CT molecular complexity index is 1140. The zero-order valence-electron chi connectivity index (χ0n) is 17.6. The summed E-state index contributed by atoms with van der Waals surface area (Å²) in [4.78, 5) is 34.8. The molecular weight excluding hydrogens is 450 g/mol. The van der Waals surface area contributed by atoms with Crippen molar-refractivity contribution >= 4 is 51.4 Å². The third kappa shape index (κ3) is 6.34. The van der Waals surface area contributed by atoms with Gasteiger partial charge in [0.1, 0.15) is 0 Å². The fourth-order valence-electron chi connectivity index (χ4n) is 2.63. The van der Waals surface area contributed by atoms with Gasteiger partial charge in [-0.2, -0.15) is 0 Å². The number of nitrogens with zero attached hydrogens (tertiary/aromatic N) is 3. The van der Waals surface area contributed by atoms with Crippen molar-refractivity contribution in [3.63, 3.8) is 0 Å². The Hall–Kier alpha value is -3.31. The lowest BCUT2D eigenvalue weighted by Gasteiger charge is -2.18. The molecule has 0 aliphatic carbocycles. The maximum Gasteiger partial charge on any atom is 0.271 e. The molecule has 3 rings (SSSR count). The highest BCUT2D eigenvalue weighted by Crippen LogP contribution is 2.27. The molecule has 0 aliphatic rings. The molecule has 11 heteroatoms. The number of nitro groups is 1. The van der Waals surface area contributed by atoms with E-state index in [4.69, 9.17) is 0 Å². The third-order valence-electron chi connectivity index (χ3n) is 4.31. The van der Waals surface area contributed by atoms with Crippen molar-refractivity contribution in [1.82, 2.24) is 10.2 Å². The van der Waals surface area contributed by atoms with Crippen LogP contribution in [0, 0.1) is 10.1 Å². The van der Waals surface area contributed by atoms with E-state index in [-0.39, 0.29) is 28.7 Å². The van der Waals surface area contributed by atoms with Crippen molar-refractivity contribution in [1.29, 1.82) is 0 Å². The van der Waals surface area contributed by atoms with Crippen molar-refractivity contribution in [2.75, 3.05) is 16.4 Å². The van der Waals surface area contributed by atoms with Crippen LogP contribution >= 0.6 is 23.1 Å². The number of thioether (sulfide) groups is 1. The molecule has 0 saturated carbocycles. The number of nitro benzene ring substituents is 1. The summed E-state index contributed by atoms with van der Waals surface area (Å²) in [6.45, 7) is 6.31. The van der Waals surface area contributed by atoms with E-state index in [1.54, 1.807) is 18.2 Å². The van der Waals surface area contributed by atoms with Gasteiger partial charge in [-0.05, 0) is 29.2 Å².